The smallest absolute Gasteiger partial charge is 0.270 e. The molecule has 0 saturated carbocycles. The van der Waals surface area contributed by atoms with Crippen LogP contribution in [-0.4, -0.2) is 10.8 Å². The first kappa shape index (κ1) is 19.0. The van der Waals surface area contributed by atoms with Crippen LogP contribution in [0.2, 0.25) is 0 Å². The van der Waals surface area contributed by atoms with E-state index in [4.69, 9.17) is 0 Å². The molecule has 140 valence electrons. The van der Waals surface area contributed by atoms with E-state index in [0.29, 0.717) is 17.7 Å². The third-order valence-electron chi connectivity index (χ3n) is 4.30. The minimum Gasteiger partial charge on any atom is -0.348 e. The summed E-state index contributed by atoms with van der Waals surface area (Å²) in [5, 5.41) is 14.0. The standard InChI is InChI=1S/C23H20N2O3/c1-17-10-12-18(13-11-17)16-24-23(26)22(20-7-3-2-4-8-20)15-19-6-5-9-21(14-19)25(27)28/h2-15H,16H2,1H3,(H,24,26). The van der Waals surface area contributed by atoms with E-state index in [1.165, 1.54) is 12.1 Å². The number of aryl methyl sites for hydroxylation is 1. The molecule has 1 amide bonds. The predicted molar refractivity (Wildman–Crippen MR) is 110 cm³/mol. The summed E-state index contributed by atoms with van der Waals surface area (Å²) >= 11 is 0. The Morgan fingerprint density at radius 3 is 2.39 bits per heavy atom. The quantitative estimate of drug-likeness (QED) is 0.293. The molecular formula is C23H20N2O3. The SMILES string of the molecule is Cc1ccc(CNC(=O)C(=Cc2cccc([N+](=O)[O-])c2)c2ccccc2)cc1. The van der Waals surface area contributed by atoms with Crippen molar-refractivity contribution in [2.24, 2.45) is 0 Å². The second kappa shape index (κ2) is 8.77. The monoisotopic (exact) mass is 372 g/mol. The van der Waals surface area contributed by atoms with Gasteiger partial charge in [0.25, 0.3) is 11.6 Å². The number of hydrogen-bond donors (Lipinski definition) is 1. The highest BCUT2D eigenvalue weighted by molar-refractivity contribution is 6.24. The summed E-state index contributed by atoms with van der Waals surface area (Å²) in [6.45, 7) is 2.41. The van der Waals surface area contributed by atoms with Crippen molar-refractivity contribution in [3.8, 4) is 0 Å². The molecule has 0 heterocycles. The molecule has 0 fully saturated rings. The lowest BCUT2D eigenvalue weighted by Crippen LogP contribution is -2.23. The topological polar surface area (TPSA) is 72.2 Å². The fraction of sp³-hybridized carbons (Fsp3) is 0.0870. The highest BCUT2D eigenvalue weighted by Crippen LogP contribution is 2.21. The van der Waals surface area contributed by atoms with E-state index < -0.39 is 4.92 Å². The Hall–Kier alpha value is -3.73. The molecule has 1 N–H and O–H groups in total. The van der Waals surface area contributed by atoms with E-state index in [-0.39, 0.29) is 11.6 Å². The number of hydrogen-bond acceptors (Lipinski definition) is 3. The normalized spacial score (nSPS) is 11.1. The van der Waals surface area contributed by atoms with Gasteiger partial charge in [-0.2, -0.15) is 0 Å². The number of rotatable bonds is 6. The average Bonchev–Trinajstić information content (AvgIpc) is 2.72. The van der Waals surface area contributed by atoms with Crippen LogP contribution in [0.4, 0.5) is 5.69 Å². The van der Waals surface area contributed by atoms with E-state index in [0.717, 1.165) is 16.7 Å². The highest BCUT2D eigenvalue weighted by Gasteiger charge is 2.13. The Bertz CT molecular complexity index is 1010. The van der Waals surface area contributed by atoms with Crippen molar-refractivity contribution < 1.29 is 9.72 Å². The molecule has 0 radical (unpaired) electrons. The first-order valence-electron chi connectivity index (χ1n) is 8.88. The van der Waals surface area contributed by atoms with Crippen LogP contribution in [-0.2, 0) is 11.3 Å². The van der Waals surface area contributed by atoms with Gasteiger partial charge in [-0.05, 0) is 29.7 Å². The minimum absolute atomic E-state index is 0.0128. The van der Waals surface area contributed by atoms with Gasteiger partial charge in [-0.25, -0.2) is 0 Å². The number of nitrogens with one attached hydrogen (secondary N) is 1. The molecule has 0 spiro atoms. The number of carbonyl (C=O) groups excluding carboxylic acids is 1. The molecule has 3 aromatic carbocycles. The van der Waals surface area contributed by atoms with Crippen LogP contribution in [0, 0.1) is 17.0 Å². The number of non-ortho nitro benzene ring substituents is 1. The fourth-order valence-electron chi connectivity index (χ4n) is 2.78. The lowest BCUT2D eigenvalue weighted by Gasteiger charge is -2.10. The number of nitro groups is 1. The number of nitrogens with zero attached hydrogens (tertiary/aromatic N) is 1. The van der Waals surface area contributed by atoms with Gasteiger partial charge in [-0.15, -0.1) is 0 Å². The highest BCUT2D eigenvalue weighted by atomic mass is 16.6. The largest absolute Gasteiger partial charge is 0.348 e. The third kappa shape index (κ3) is 4.92. The van der Waals surface area contributed by atoms with Crippen molar-refractivity contribution in [1.82, 2.24) is 5.32 Å². The Kier molecular flexibility index (Phi) is 5.97. The Balaban J connectivity index is 1.88. The van der Waals surface area contributed by atoms with Crippen LogP contribution in [0.1, 0.15) is 22.3 Å². The first-order chi connectivity index (χ1) is 13.5. The predicted octanol–water partition coefficient (Wildman–Crippen LogP) is 4.76. The Labute approximate surface area is 163 Å². The summed E-state index contributed by atoms with van der Waals surface area (Å²) in [6.07, 6.45) is 1.67. The molecule has 5 nitrogen and oxygen atoms in total. The molecule has 3 aromatic rings. The molecule has 0 bridgehead atoms. The van der Waals surface area contributed by atoms with E-state index in [9.17, 15) is 14.9 Å². The summed E-state index contributed by atoms with van der Waals surface area (Å²) in [7, 11) is 0. The average molecular weight is 372 g/mol. The molecule has 5 heteroatoms. The summed E-state index contributed by atoms with van der Waals surface area (Å²) in [4.78, 5) is 23.5. The molecule has 3 rings (SSSR count). The maximum Gasteiger partial charge on any atom is 0.270 e. The minimum atomic E-state index is -0.447. The Morgan fingerprint density at radius 2 is 1.71 bits per heavy atom. The second-order valence-corrected chi connectivity index (χ2v) is 6.44. The van der Waals surface area contributed by atoms with Crippen molar-refractivity contribution in [2.45, 2.75) is 13.5 Å². The molecule has 28 heavy (non-hydrogen) atoms. The number of amides is 1. The first-order valence-corrected chi connectivity index (χ1v) is 8.88. The molecule has 0 aliphatic carbocycles. The number of benzene rings is 3. The molecule has 0 aromatic heterocycles. The molecular weight excluding hydrogens is 352 g/mol. The van der Waals surface area contributed by atoms with Crippen LogP contribution < -0.4 is 5.32 Å². The molecule has 0 atom stereocenters. The van der Waals surface area contributed by atoms with Gasteiger partial charge in [-0.3, -0.25) is 14.9 Å². The maximum absolute atomic E-state index is 12.9. The number of nitro benzene ring substituents is 1. The summed E-state index contributed by atoms with van der Waals surface area (Å²) in [5.74, 6) is -0.238. The van der Waals surface area contributed by atoms with Crippen molar-refractivity contribution >= 4 is 23.2 Å². The van der Waals surface area contributed by atoms with Crippen molar-refractivity contribution in [3.63, 3.8) is 0 Å². The van der Waals surface area contributed by atoms with Crippen LogP contribution in [0.5, 0.6) is 0 Å². The van der Waals surface area contributed by atoms with Gasteiger partial charge >= 0.3 is 0 Å². The van der Waals surface area contributed by atoms with Gasteiger partial charge in [0.15, 0.2) is 0 Å². The van der Waals surface area contributed by atoms with Gasteiger partial charge in [0.05, 0.1) is 4.92 Å². The van der Waals surface area contributed by atoms with Gasteiger partial charge in [0.2, 0.25) is 0 Å². The van der Waals surface area contributed by atoms with E-state index >= 15 is 0 Å². The van der Waals surface area contributed by atoms with Gasteiger partial charge in [-0.1, -0.05) is 72.3 Å². The number of carbonyl (C=O) groups is 1. The summed E-state index contributed by atoms with van der Waals surface area (Å²) in [6, 6.07) is 23.4. The van der Waals surface area contributed by atoms with Gasteiger partial charge in [0.1, 0.15) is 0 Å². The van der Waals surface area contributed by atoms with E-state index in [1.807, 2.05) is 61.5 Å². The third-order valence-corrected chi connectivity index (χ3v) is 4.30. The van der Waals surface area contributed by atoms with Crippen LogP contribution in [0.15, 0.2) is 78.9 Å². The zero-order chi connectivity index (χ0) is 19.9. The van der Waals surface area contributed by atoms with Crippen LogP contribution in [0.25, 0.3) is 11.6 Å². The Morgan fingerprint density at radius 1 is 1.00 bits per heavy atom. The summed E-state index contributed by atoms with van der Waals surface area (Å²) < 4.78 is 0. The fourth-order valence-corrected chi connectivity index (χ4v) is 2.78. The van der Waals surface area contributed by atoms with Crippen molar-refractivity contribution in [3.05, 3.63) is 111 Å². The molecule has 0 unspecified atom stereocenters. The van der Waals surface area contributed by atoms with E-state index in [1.54, 1.807) is 18.2 Å². The molecule has 0 saturated heterocycles. The maximum atomic E-state index is 12.9. The molecule has 0 aliphatic rings. The lowest BCUT2D eigenvalue weighted by atomic mass is 10.0. The summed E-state index contributed by atoms with van der Waals surface area (Å²) in [5.41, 5.74) is 3.94. The van der Waals surface area contributed by atoms with Crippen LogP contribution in [0.3, 0.4) is 0 Å². The van der Waals surface area contributed by atoms with Gasteiger partial charge in [0, 0.05) is 24.3 Å². The zero-order valence-corrected chi connectivity index (χ0v) is 15.5. The lowest BCUT2D eigenvalue weighted by molar-refractivity contribution is -0.384. The van der Waals surface area contributed by atoms with Gasteiger partial charge < -0.3 is 5.32 Å². The molecule has 0 aliphatic heterocycles. The van der Waals surface area contributed by atoms with E-state index in [2.05, 4.69) is 5.32 Å². The van der Waals surface area contributed by atoms with Crippen molar-refractivity contribution in [2.75, 3.05) is 0 Å². The second-order valence-electron chi connectivity index (χ2n) is 6.44. The zero-order valence-electron chi connectivity index (χ0n) is 15.5. The van der Waals surface area contributed by atoms with Crippen molar-refractivity contribution in [1.29, 1.82) is 0 Å². The van der Waals surface area contributed by atoms with Crippen LogP contribution >= 0.6 is 0 Å².